The molecule has 2 aliphatic rings. The van der Waals surface area contributed by atoms with Crippen LogP contribution in [0.25, 0.3) is 5.65 Å². The van der Waals surface area contributed by atoms with Crippen LogP contribution in [-0.4, -0.2) is 63.5 Å². The molecule has 2 aliphatic heterocycles. The minimum absolute atomic E-state index is 0.0103. The summed E-state index contributed by atoms with van der Waals surface area (Å²) in [5.41, 5.74) is 2.25. The summed E-state index contributed by atoms with van der Waals surface area (Å²) >= 11 is 6.24. The highest BCUT2D eigenvalue weighted by Crippen LogP contribution is 2.23. The molecule has 0 bridgehead atoms. The number of imidazole rings is 1. The van der Waals surface area contributed by atoms with E-state index in [1.807, 2.05) is 41.5 Å². The summed E-state index contributed by atoms with van der Waals surface area (Å²) in [4.78, 5) is 22.3. The number of hydrogen-bond acceptors (Lipinski definition) is 4. The first kappa shape index (κ1) is 18.7. The molecule has 0 radical (unpaired) electrons. The number of pyridine rings is 1. The van der Waals surface area contributed by atoms with Crippen molar-refractivity contribution in [3.05, 3.63) is 34.7 Å². The number of likely N-dealkylation sites (tertiary alicyclic amines) is 1. The van der Waals surface area contributed by atoms with E-state index in [0.717, 1.165) is 31.0 Å². The molecule has 0 aromatic carbocycles. The molecule has 0 N–H and O–H groups in total. The number of carbonyl (C=O) groups excluding carboxylic acids is 1. The Morgan fingerprint density at radius 3 is 2.59 bits per heavy atom. The molecule has 2 aromatic rings. The molecule has 27 heavy (non-hydrogen) atoms. The van der Waals surface area contributed by atoms with Crippen LogP contribution in [0.1, 0.15) is 49.3 Å². The van der Waals surface area contributed by atoms with Crippen molar-refractivity contribution in [3.8, 4) is 0 Å². The number of carbonyl (C=O) groups is 1. The van der Waals surface area contributed by atoms with E-state index in [2.05, 4.69) is 4.90 Å². The molecule has 1 amide bonds. The second kappa shape index (κ2) is 7.78. The predicted molar refractivity (Wildman–Crippen MR) is 105 cm³/mol. The van der Waals surface area contributed by atoms with Crippen LogP contribution in [0.15, 0.2) is 18.3 Å². The van der Waals surface area contributed by atoms with Gasteiger partial charge in [0.05, 0.1) is 22.9 Å². The van der Waals surface area contributed by atoms with Crippen molar-refractivity contribution in [1.29, 1.82) is 0 Å². The molecule has 0 unspecified atom stereocenters. The minimum atomic E-state index is -0.0103. The van der Waals surface area contributed by atoms with Crippen LogP contribution in [0.2, 0.25) is 5.02 Å². The fraction of sp³-hybridized carbons (Fsp3) is 0.600. The number of fused-ring (bicyclic) bond motifs is 1. The summed E-state index contributed by atoms with van der Waals surface area (Å²) < 4.78 is 7.77. The maximum absolute atomic E-state index is 13.4. The third-order valence-electron chi connectivity index (χ3n) is 5.41. The summed E-state index contributed by atoms with van der Waals surface area (Å²) in [5, 5.41) is 0.646. The van der Waals surface area contributed by atoms with Crippen molar-refractivity contribution in [2.75, 3.05) is 26.2 Å². The van der Waals surface area contributed by atoms with Gasteiger partial charge in [0, 0.05) is 25.8 Å². The summed E-state index contributed by atoms with van der Waals surface area (Å²) in [7, 11) is 0. The Labute approximate surface area is 165 Å². The number of hydrogen-bond donors (Lipinski definition) is 0. The number of halogens is 1. The molecule has 0 aliphatic carbocycles. The fourth-order valence-electron chi connectivity index (χ4n) is 4.21. The van der Waals surface area contributed by atoms with Crippen LogP contribution >= 0.6 is 11.6 Å². The monoisotopic (exact) mass is 390 g/mol. The van der Waals surface area contributed by atoms with Crippen molar-refractivity contribution >= 4 is 23.2 Å². The second-order valence-electron chi connectivity index (χ2n) is 7.79. The highest BCUT2D eigenvalue weighted by molar-refractivity contribution is 6.30. The maximum atomic E-state index is 13.4. The summed E-state index contributed by atoms with van der Waals surface area (Å²) in [6.07, 6.45) is 5.64. The number of morpholine rings is 1. The van der Waals surface area contributed by atoms with E-state index in [1.165, 1.54) is 19.3 Å². The normalized spacial score (nSPS) is 24.5. The van der Waals surface area contributed by atoms with Crippen LogP contribution < -0.4 is 0 Å². The van der Waals surface area contributed by atoms with Crippen molar-refractivity contribution in [2.24, 2.45) is 0 Å². The lowest BCUT2D eigenvalue weighted by Crippen LogP contribution is -2.48. The zero-order valence-electron chi connectivity index (χ0n) is 16.0. The van der Waals surface area contributed by atoms with Gasteiger partial charge in [-0.05, 0) is 51.9 Å². The first-order valence-electron chi connectivity index (χ1n) is 9.85. The molecule has 2 fully saturated rings. The predicted octanol–water partition coefficient (Wildman–Crippen LogP) is 3.22. The van der Waals surface area contributed by atoms with Crippen LogP contribution in [0, 0.1) is 0 Å². The number of nitrogens with zero attached hydrogens (tertiary/aromatic N) is 4. The lowest BCUT2D eigenvalue weighted by Gasteiger charge is -2.35. The molecule has 146 valence electrons. The fourth-order valence-corrected chi connectivity index (χ4v) is 4.37. The number of amides is 1. The summed E-state index contributed by atoms with van der Waals surface area (Å²) in [6, 6.07) is 3.70. The maximum Gasteiger partial charge on any atom is 0.274 e. The third-order valence-corrected chi connectivity index (χ3v) is 5.64. The van der Waals surface area contributed by atoms with E-state index in [4.69, 9.17) is 21.3 Å². The van der Waals surface area contributed by atoms with Crippen LogP contribution in [0.3, 0.4) is 0 Å². The van der Waals surface area contributed by atoms with Crippen LogP contribution in [0.5, 0.6) is 0 Å². The minimum Gasteiger partial charge on any atom is -0.372 e. The Morgan fingerprint density at radius 2 is 1.89 bits per heavy atom. The topological polar surface area (TPSA) is 50.1 Å². The quantitative estimate of drug-likeness (QED) is 0.807. The Morgan fingerprint density at radius 1 is 1.19 bits per heavy atom. The van der Waals surface area contributed by atoms with E-state index in [0.29, 0.717) is 23.8 Å². The van der Waals surface area contributed by atoms with Gasteiger partial charge in [0.25, 0.3) is 5.91 Å². The van der Waals surface area contributed by atoms with Gasteiger partial charge in [-0.1, -0.05) is 18.0 Å². The second-order valence-corrected chi connectivity index (χ2v) is 8.22. The molecule has 0 spiro atoms. The van der Waals surface area contributed by atoms with E-state index in [9.17, 15) is 4.79 Å². The van der Waals surface area contributed by atoms with Gasteiger partial charge in [-0.2, -0.15) is 0 Å². The number of rotatable bonds is 3. The van der Waals surface area contributed by atoms with E-state index in [-0.39, 0.29) is 18.1 Å². The molecular formula is C20H27ClN4O2. The Hall–Kier alpha value is -1.63. The molecule has 7 heteroatoms. The Bertz CT molecular complexity index is 821. The highest BCUT2D eigenvalue weighted by atomic mass is 35.5. The molecule has 2 saturated heterocycles. The lowest BCUT2D eigenvalue weighted by atomic mass is 10.1. The van der Waals surface area contributed by atoms with Gasteiger partial charge in [0.2, 0.25) is 0 Å². The van der Waals surface area contributed by atoms with E-state index < -0.39 is 0 Å². The largest absolute Gasteiger partial charge is 0.372 e. The summed E-state index contributed by atoms with van der Waals surface area (Å²) in [6.45, 7) is 8.06. The van der Waals surface area contributed by atoms with Crippen LogP contribution in [0.4, 0.5) is 0 Å². The number of piperidine rings is 1. The zero-order chi connectivity index (χ0) is 19.0. The lowest BCUT2D eigenvalue weighted by molar-refractivity contribution is -0.0587. The SMILES string of the molecule is C[C@@H]1CN(C(=O)c2nc3ccc(Cl)cn3c2CN2CCCCC2)C[C@H](C)O1. The zero-order valence-corrected chi connectivity index (χ0v) is 16.8. The Balaban J connectivity index is 1.70. The summed E-state index contributed by atoms with van der Waals surface area (Å²) in [5.74, 6) is -0.0103. The smallest absolute Gasteiger partial charge is 0.274 e. The van der Waals surface area contributed by atoms with Crippen LogP contribution in [-0.2, 0) is 11.3 Å². The van der Waals surface area contributed by atoms with E-state index >= 15 is 0 Å². The average Bonchev–Trinajstić information content (AvgIpc) is 2.99. The standard InChI is InChI=1S/C20H27ClN4O2/c1-14-10-24(11-15(2)27-14)20(26)19-17(13-23-8-4-3-5-9-23)25-12-16(21)6-7-18(25)22-19/h6-7,12,14-15H,3-5,8-11,13H2,1-2H3/t14-,15+. The third kappa shape index (κ3) is 3.98. The van der Waals surface area contributed by atoms with Crippen molar-refractivity contribution < 1.29 is 9.53 Å². The average molecular weight is 391 g/mol. The van der Waals surface area contributed by atoms with Crippen molar-refractivity contribution in [1.82, 2.24) is 19.2 Å². The van der Waals surface area contributed by atoms with Crippen molar-refractivity contribution in [2.45, 2.75) is 51.9 Å². The van der Waals surface area contributed by atoms with Gasteiger partial charge in [0.15, 0.2) is 5.69 Å². The molecule has 2 atom stereocenters. The molecule has 4 rings (SSSR count). The first-order valence-corrected chi connectivity index (χ1v) is 10.2. The van der Waals surface area contributed by atoms with Gasteiger partial charge < -0.3 is 14.0 Å². The van der Waals surface area contributed by atoms with Gasteiger partial charge in [-0.15, -0.1) is 0 Å². The van der Waals surface area contributed by atoms with Gasteiger partial charge in [-0.3, -0.25) is 9.69 Å². The van der Waals surface area contributed by atoms with Gasteiger partial charge >= 0.3 is 0 Å². The number of ether oxygens (including phenoxy) is 1. The Kier molecular flexibility index (Phi) is 5.39. The van der Waals surface area contributed by atoms with E-state index in [1.54, 1.807) is 0 Å². The molecule has 4 heterocycles. The first-order chi connectivity index (χ1) is 13.0. The van der Waals surface area contributed by atoms with Gasteiger partial charge in [0.1, 0.15) is 5.65 Å². The highest BCUT2D eigenvalue weighted by Gasteiger charge is 2.30. The molecular weight excluding hydrogens is 364 g/mol. The molecule has 2 aromatic heterocycles. The van der Waals surface area contributed by atoms with Crippen molar-refractivity contribution in [3.63, 3.8) is 0 Å². The number of aromatic nitrogens is 2. The molecule has 6 nitrogen and oxygen atoms in total. The molecule has 0 saturated carbocycles. The van der Waals surface area contributed by atoms with Gasteiger partial charge in [-0.25, -0.2) is 4.98 Å².